The highest BCUT2D eigenvalue weighted by molar-refractivity contribution is 6.34. The van der Waals surface area contributed by atoms with Crippen LogP contribution in [0.3, 0.4) is 0 Å². The van der Waals surface area contributed by atoms with Gasteiger partial charge in [0.25, 0.3) is 11.8 Å². The molecule has 1 aliphatic heterocycles. The number of carbonyl (C=O) groups excluding carboxylic acids is 2. The van der Waals surface area contributed by atoms with Gasteiger partial charge in [-0.05, 0) is 37.5 Å². The Bertz CT molecular complexity index is 1280. The second-order valence-electron chi connectivity index (χ2n) is 7.38. The molecule has 0 fully saturated rings. The third-order valence-electron chi connectivity index (χ3n) is 4.86. The van der Waals surface area contributed by atoms with Crippen LogP contribution in [-0.4, -0.2) is 40.1 Å². The highest BCUT2D eigenvalue weighted by atomic mass is 35.5. The maximum Gasteiger partial charge on any atom is 0.325 e. The third-order valence-corrected chi connectivity index (χ3v) is 5.18. The van der Waals surface area contributed by atoms with E-state index in [0.29, 0.717) is 48.7 Å². The summed E-state index contributed by atoms with van der Waals surface area (Å²) in [6.07, 6.45) is 6.45. The molecule has 3 heterocycles. The maximum absolute atomic E-state index is 12.6. The molecular formula is C23H20ClN7O4. The van der Waals surface area contributed by atoms with Crippen molar-refractivity contribution in [2.75, 3.05) is 29.2 Å². The van der Waals surface area contributed by atoms with Crippen LogP contribution < -0.4 is 25.4 Å². The molecule has 0 saturated heterocycles. The normalized spacial score (nSPS) is 13.8. The van der Waals surface area contributed by atoms with Gasteiger partial charge in [-0.25, -0.2) is 9.78 Å². The first kappa shape index (κ1) is 23.7. The Kier molecular flexibility index (Phi) is 7.54. The molecule has 4 rings (SSSR count). The predicted octanol–water partition coefficient (Wildman–Crippen LogP) is 4.23. The van der Waals surface area contributed by atoms with Crippen molar-refractivity contribution in [2.45, 2.75) is 19.3 Å². The Morgan fingerprint density at radius 1 is 1.14 bits per heavy atom. The molecule has 0 spiro atoms. The average molecular weight is 494 g/mol. The van der Waals surface area contributed by atoms with Crippen LogP contribution in [0.25, 0.3) is 0 Å². The number of hydrogen-bond acceptors (Lipinski definition) is 8. The van der Waals surface area contributed by atoms with Crippen molar-refractivity contribution < 1.29 is 19.1 Å². The minimum absolute atomic E-state index is 0.0293. The van der Waals surface area contributed by atoms with Gasteiger partial charge in [-0.3, -0.25) is 15.1 Å². The summed E-state index contributed by atoms with van der Waals surface area (Å²) in [5.74, 6) is 0.0795. The number of nitrogens with one attached hydrogen (secondary N) is 3. The lowest BCUT2D eigenvalue weighted by molar-refractivity contribution is 0.102. The number of ether oxygens (including phenoxy) is 2. The van der Waals surface area contributed by atoms with Gasteiger partial charge in [-0.2, -0.15) is 10.2 Å². The molecule has 3 N–H and O–H groups in total. The summed E-state index contributed by atoms with van der Waals surface area (Å²) >= 11 is 6.40. The Balaban J connectivity index is 1.59. The highest BCUT2D eigenvalue weighted by Gasteiger charge is 2.17. The third kappa shape index (κ3) is 6.13. The first-order valence-electron chi connectivity index (χ1n) is 10.7. The second-order valence-corrected chi connectivity index (χ2v) is 7.79. The zero-order valence-electron chi connectivity index (χ0n) is 18.4. The molecule has 0 radical (unpaired) electrons. The van der Waals surface area contributed by atoms with Crippen LogP contribution in [0.2, 0.25) is 5.02 Å². The van der Waals surface area contributed by atoms with E-state index in [1.165, 1.54) is 18.5 Å². The minimum atomic E-state index is -0.641. The highest BCUT2D eigenvalue weighted by Crippen LogP contribution is 2.35. The fraction of sp³-hybridized carbons (Fsp3) is 0.217. The molecule has 2 aromatic heterocycles. The van der Waals surface area contributed by atoms with Crippen LogP contribution in [0.4, 0.5) is 22.0 Å². The van der Waals surface area contributed by atoms with E-state index in [1.807, 2.05) is 6.07 Å². The summed E-state index contributed by atoms with van der Waals surface area (Å²) in [7, 11) is 0. The maximum atomic E-state index is 12.6. The molecule has 178 valence electrons. The van der Waals surface area contributed by atoms with Crippen molar-refractivity contribution in [3.8, 4) is 17.7 Å². The largest absolute Gasteiger partial charge is 0.491 e. The molecule has 12 heteroatoms. The lowest BCUT2D eigenvalue weighted by atomic mass is 10.2. The van der Waals surface area contributed by atoms with Crippen molar-refractivity contribution in [3.05, 3.63) is 59.1 Å². The van der Waals surface area contributed by atoms with Gasteiger partial charge in [0.15, 0.2) is 5.82 Å². The van der Waals surface area contributed by atoms with Gasteiger partial charge in [0.2, 0.25) is 5.69 Å². The van der Waals surface area contributed by atoms with Crippen LogP contribution in [-0.2, 0) is 0 Å². The average Bonchev–Trinajstić information content (AvgIpc) is 2.86. The number of anilines is 3. The molecule has 2 bridgehead atoms. The SMILES string of the molecule is N#Cc1ncc2nc1OCCCCCOc1cc(NC(=O)c3cccnc3)c(Cl)cc1NC(=O)N2. The number of halogens is 1. The molecular weight excluding hydrogens is 474 g/mol. The van der Waals surface area contributed by atoms with Crippen LogP contribution in [0.1, 0.15) is 35.3 Å². The van der Waals surface area contributed by atoms with Crippen molar-refractivity contribution in [1.82, 2.24) is 15.0 Å². The van der Waals surface area contributed by atoms with Gasteiger partial charge in [0, 0.05) is 18.5 Å². The van der Waals surface area contributed by atoms with Crippen molar-refractivity contribution in [2.24, 2.45) is 0 Å². The summed E-state index contributed by atoms with van der Waals surface area (Å²) in [5.41, 5.74) is 1.00. The Labute approximate surface area is 205 Å². The van der Waals surface area contributed by atoms with E-state index in [0.717, 1.165) is 6.42 Å². The van der Waals surface area contributed by atoms with E-state index in [4.69, 9.17) is 21.1 Å². The van der Waals surface area contributed by atoms with Crippen LogP contribution >= 0.6 is 11.6 Å². The van der Waals surface area contributed by atoms with Crippen LogP contribution in [0.15, 0.2) is 42.9 Å². The number of fused-ring (bicyclic) bond motifs is 3. The molecule has 35 heavy (non-hydrogen) atoms. The Morgan fingerprint density at radius 2 is 1.97 bits per heavy atom. The topological polar surface area (TPSA) is 151 Å². The zero-order chi connectivity index (χ0) is 24.6. The number of nitriles is 1. The lowest BCUT2D eigenvalue weighted by Crippen LogP contribution is -2.21. The van der Waals surface area contributed by atoms with E-state index in [2.05, 4.69) is 30.9 Å². The van der Waals surface area contributed by atoms with Gasteiger partial charge in [-0.1, -0.05) is 11.6 Å². The summed E-state index contributed by atoms with van der Waals surface area (Å²) < 4.78 is 11.5. The van der Waals surface area contributed by atoms with E-state index in [1.54, 1.807) is 24.4 Å². The quantitative estimate of drug-likeness (QED) is 0.479. The Hall–Kier alpha value is -4.43. The first-order valence-corrected chi connectivity index (χ1v) is 11.1. The second kappa shape index (κ2) is 11.1. The monoisotopic (exact) mass is 493 g/mol. The number of benzene rings is 1. The molecule has 11 nitrogen and oxygen atoms in total. The van der Waals surface area contributed by atoms with Crippen molar-refractivity contribution >= 4 is 40.7 Å². The first-order chi connectivity index (χ1) is 17.0. The van der Waals surface area contributed by atoms with E-state index < -0.39 is 11.9 Å². The number of hydrogen-bond donors (Lipinski definition) is 3. The number of amides is 3. The number of aromatic nitrogens is 3. The molecule has 1 aromatic carbocycles. The number of urea groups is 1. The minimum Gasteiger partial charge on any atom is -0.491 e. The molecule has 1 aliphatic rings. The molecule has 0 atom stereocenters. The summed E-state index contributed by atoms with van der Waals surface area (Å²) in [4.78, 5) is 37.3. The lowest BCUT2D eigenvalue weighted by Gasteiger charge is -2.16. The molecule has 0 unspecified atom stereocenters. The zero-order valence-corrected chi connectivity index (χ0v) is 19.1. The molecule has 3 amide bonds. The smallest absolute Gasteiger partial charge is 0.325 e. The van der Waals surface area contributed by atoms with E-state index >= 15 is 0 Å². The van der Waals surface area contributed by atoms with Crippen molar-refractivity contribution in [1.29, 1.82) is 5.26 Å². The molecule has 0 aliphatic carbocycles. The molecule has 0 saturated carbocycles. The number of nitrogens with zero attached hydrogens (tertiary/aromatic N) is 4. The van der Waals surface area contributed by atoms with Gasteiger partial charge in [-0.15, -0.1) is 0 Å². The van der Waals surface area contributed by atoms with Crippen LogP contribution in [0.5, 0.6) is 11.6 Å². The van der Waals surface area contributed by atoms with Crippen molar-refractivity contribution in [3.63, 3.8) is 0 Å². The van der Waals surface area contributed by atoms with Crippen LogP contribution in [0, 0.1) is 11.3 Å². The summed E-state index contributed by atoms with van der Waals surface area (Å²) in [6, 6.07) is 7.58. The molecule has 3 aromatic rings. The fourth-order valence-corrected chi connectivity index (χ4v) is 3.38. The predicted molar refractivity (Wildman–Crippen MR) is 128 cm³/mol. The number of rotatable bonds is 2. The van der Waals surface area contributed by atoms with E-state index in [9.17, 15) is 14.9 Å². The number of carbonyl (C=O) groups is 2. The fourth-order valence-electron chi connectivity index (χ4n) is 3.17. The van der Waals surface area contributed by atoms with Gasteiger partial charge < -0.3 is 20.1 Å². The van der Waals surface area contributed by atoms with Gasteiger partial charge in [0.05, 0.1) is 41.4 Å². The Morgan fingerprint density at radius 3 is 2.74 bits per heavy atom. The standard InChI is InChI=1S/C23H20ClN7O4/c24-15-9-17-19(10-16(15)28-21(32)14-5-4-6-26-12-14)34-7-2-1-3-8-35-22-18(11-25)27-13-20(30-22)31-23(33)29-17/h4-6,9-10,12-13H,1-3,7-8H2,(H,28,32)(H2,29,30,31,33). The van der Waals surface area contributed by atoms with Gasteiger partial charge in [0.1, 0.15) is 11.8 Å². The summed E-state index contributed by atoms with van der Waals surface area (Å²) in [5, 5.41) is 17.3. The number of pyridine rings is 1. The van der Waals surface area contributed by atoms with E-state index in [-0.39, 0.29) is 22.4 Å². The summed E-state index contributed by atoms with van der Waals surface area (Å²) in [6.45, 7) is 0.681. The van der Waals surface area contributed by atoms with Gasteiger partial charge >= 0.3 is 6.03 Å².